The normalized spacial score (nSPS) is 15.0. The molecule has 0 bridgehead atoms. The maximum Gasteiger partial charge on any atom is 0.336 e. The molecule has 0 saturated heterocycles. The molecule has 0 fully saturated rings. The number of esters is 1. The molecule has 2 heterocycles. The third-order valence-electron chi connectivity index (χ3n) is 5.41. The van der Waals surface area contributed by atoms with Crippen LogP contribution in [0.15, 0.2) is 44.6 Å². The van der Waals surface area contributed by atoms with Gasteiger partial charge in [-0.1, -0.05) is 16.9 Å². The highest BCUT2D eigenvalue weighted by atomic mass is 32.2. The smallest absolute Gasteiger partial charge is 0.336 e. The lowest BCUT2D eigenvalue weighted by atomic mass is 9.82. The molecule has 1 atom stereocenters. The van der Waals surface area contributed by atoms with Gasteiger partial charge in [0.25, 0.3) is 0 Å². The molecule has 1 aromatic heterocycles. The largest absolute Gasteiger partial charge is 0.493 e. The molecule has 2 N–H and O–H groups in total. The summed E-state index contributed by atoms with van der Waals surface area (Å²) in [5, 5.41) is 20.2. The minimum absolute atomic E-state index is 0.0244. The minimum Gasteiger partial charge on any atom is -0.493 e. The number of aromatic nitrogens is 1. The van der Waals surface area contributed by atoms with Crippen molar-refractivity contribution in [3.05, 3.63) is 51.4 Å². The number of carbonyl (C=O) groups is 2. The van der Waals surface area contributed by atoms with E-state index in [0.29, 0.717) is 45.1 Å². The quantitative estimate of drug-likeness (QED) is 0.436. The molecule has 1 amide bonds. The number of carbonyl (C=O) groups excluding carboxylic acids is 2. The molecule has 0 saturated carbocycles. The molecule has 0 spiro atoms. The summed E-state index contributed by atoms with van der Waals surface area (Å²) in [5.41, 5.74) is 1.54. The number of anilines is 1. The monoisotopic (exact) mass is 528 g/mol. The van der Waals surface area contributed by atoms with Crippen molar-refractivity contribution in [2.75, 3.05) is 39.0 Å². The van der Waals surface area contributed by atoms with Crippen LogP contribution in [0.1, 0.15) is 31.1 Å². The SMILES string of the molecule is CCOC(=O)C1=C(C)NC(SCC(=O)Nc2cc(C)on2)=C(C#N)C1c1cc(OC)c(OC)c(OC)c1. The number of thioether (sulfide) groups is 1. The third-order valence-corrected chi connectivity index (χ3v) is 6.42. The predicted molar refractivity (Wildman–Crippen MR) is 136 cm³/mol. The van der Waals surface area contributed by atoms with Crippen molar-refractivity contribution in [3.63, 3.8) is 0 Å². The molecule has 3 rings (SSSR count). The number of ether oxygens (including phenoxy) is 4. The molecule has 2 aromatic rings. The lowest BCUT2D eigenvalue weighted by Crippen LogP contribution is -2.29. The van der Waals surface area contributed by atoms with Crippen molar-refractivity contribution in [3.8, 4) is 23.3 Å². The van der Waals surface area contributed by atoms with Gasteiger partial charge >= 0.3 is 5.97 Å². The summed E-state index contributed by atoms with van der Waals surface area (Å²) in [5.74, 6) is 0.214. The van der Waals surface area contributed by atoms with Crippen molar-refractivity contribution in [2.24, 2.45) is 0 Å². The van der Waals surface area contributed by atoms with Gasteiger partial charge in [-0.3, -0.25) is 4.79 Å². The van der Waals surface area contributed by atoms with E-state index in [2.05, 4.69) is 21.9 Å². The Bertz CT molecular complexity index is 1270. The lowest BCUT2D eigenvalue weighted by molar-refractivity contribution is -0.138. The van der Waals surface area contributed by atoms with Crippen molar-refractivity contribution < 1.29 is 33.1 Å². The highest BCUT2D eigenvalue weighted by Crippen LogP contribution is 2.46. The summed E-state index contributed by atoms with van der Waals surface area (Å²) >= 11 is 1.12. The molecule has 0 aliphatic carbocycles. The van der Waals surface area contributed by atoms with E-state index in [4.69, 9.17) is 23.5 Å². The first-order valence-electron chi connectivity index (χ1n) is 11.2. The lowest BCUT2D eigenvalue weighted by Gasteiger charge is -2.30. The van der Waals surface area contributed by atoms with Crippen molar-refractivity contribution in [1.29, 1.82) is 5.26 Å². The highest BCUT2D eigenvalue weighted by Gasteiger charge is 2.36. The van der Waals surface area contributed by atoms with Gasteiger partial charge in [-0.25, -0.2) is 4.79 Å². The topological polar surface area (TPSA) is 145 Å². The van der Waals surface area contributed by atoms with E-state index in [9.17, 15) is 14.9 Å². The van der Waals surface area contributed by atoms with Gasteiger partial charge in [-0.15, -0.1) is 0 Å². The molecule has 196 valence electrons. The zero-order valence-corrected chi connectivity index (χ0v) is 22.2. The summed E-state index contributed by atoms with van der Waals surface area (Å²) < 4.78 is 26.7. The summed E-state index contributed by atoms with van der Waals surface area (Å²) in [6.07, 6.45) is 0. The summed E-state index contributed by atoms with van der Waals surface area (Å²) in [6, 6.07) is 7.18. The van der Waals surface area contributed by atoms with Crippen LogP contribution in [0.2, 0.25) is 0 Å². The number of rotatable bonds is 10. The maximum atomic E-state index is 13.0. The number of benzene rings is 1. The van der Waals surface area contributed by atoms with Crippen LogP contribution in [0.25, 0.3) is 0 Å². The fourth-order valence-electron chi connectivity index (χ4n) is 3.85. The van der Waals surface area contributed by atoms with E-state index in [1.165, 1.54) is 21.3 Å². The van der Waals surface area contributed by atoms with Crippen LogP contribution in [-0.4, -0.2) is 50.7 Å². The van der Waals surface area contributed by atoms with Gasteiger partial charge in [0.15, 0.2) is 17.3 Å². The van der Waals surface area contributed by atoms with Gasteiger partial charge in [-0.2, -0.15) is 5.26 Å². The van der Waals surface area contributed by atoms with E-state index in [0.717, 1.165) is 11.8 Å². The van der Waals surface area contributed by atoms with Gasteiger partial charge < -0.3 is 34.1 Å². The molecular formula is C25H28N4O7S. The number of aryl methyl sites for hydroxylation is 1. The number of hydrogen-bond acceptors (Lipinski definition) is 11. The Balaban J connectivity index is 2.05. The number of dihydropyridines is 1. The molecule has 1 aliphatic rings. The summed E-state index contributed by atoms with van der Waals surface area (Å²) in [6.45, 7) is 5.29. The van der Waals surface area contributed by atoms with E-state index in [1.807, 2.05) is 0 Å². The first kappa shape index (κ1) is 27.5. The van der Waals surface area contributed by atoms with Crippen LogP contribution in [0.5, 0.6) is 17.2 Å². The zero-order chi connectivity index (χ0) is 27.1. The Morgan fingerprint density at radius 3 is 2.35 bits per heavy atom. The van der Waals surface area contributed by atoms with Crippen molar-refractivity contribution >= 4 is 29.5 Å². The van der Waals surface area contributed by atoms with Crippen LogP contribution in [0, 0.1) is 18.3 Å². The number of hydrogen-bond donors (Lipinski definition) is 2. The van der Waals surface area contributed by atoms with Gasteiger partial charge in [0.1, 0.15) is 5.76 Å². The Morgan fingerprint density at radius 2 is 1.84 bits per heavy atom. The van der Waals surface area contributed by atoms with E-state index in [-0.39, 0.29) is 29.4 Å². The number of methoxy groups -OCH3 is 3. The van der Waals surface area contributed by atoms with Crippen LogP contribution in [0.4, 0.5) is 5.82 Å². The standard InChI is InChI=1S/C25H28N4O7S/c1-7-35-25(31)21-14(3)27-24(37-12-20(30)28-19-8-13(2)36-29-19)16(11-26)22(21)15-9-17(32-4)23(34-6)18(10-15)33-5/h8-10,22,27H,7,12H2,1-6H3,(H,28,29,30). The Labute approximate surface area is 218 Å². The van der Waals surface area contributed by atoms with Gasteiger partial charge in [0, 0.05) is 11.8 Å². The maximum absolute atomic E-state index is 13.0. The number of nitriles is 1. The molecular weight excluding hydrogens is 500 g/mol. The molecule has 1 aliphatic heterocycles. The molecule has 1 unspecified atom stereocenters. The van der Waals surface area contributed by atoms with Crippen LogP contribution >= 0.6 is 11.8 Å². The molecule has 37 heavy (non-hydrogen) atoms. The molecule has 0 radical (unpaired) electrons. The van der Waals surface area contributed by atoms with Gasteiger partial charge in [0.2, 0.25) is 11.7 Å². The number of nitrogens with zero attached hydrogens (tertiary/aromatic N) is 2. The third kappa shape index (κ3) is 6.00. The Hall–Kier alpha value is -4.11. The van der Waals surface area contributed by atoms with E-state index < -0.39 is 11.9 Å². The second-order valence-corrected chi connectivity index (χ2v) is 8.78. The fourth-order valence-corrected chi connectivity index (χ4v) is 4.74. The van der Waals surface area contributed by atoms with Crippen LogP contribution < -0.4 is 24.8 Å². The first-order valence-corrected chi connectivity index (χ1v) is 12.2. The van der Waals surface area contributed by atoms with Crippen LogP contribution in [0.3, 0.4) is 0 Å². The number of amides is 1. The second-order valence-electron chi connectivity index (χ2n) is 7.79. The van der Waals surface area contributed by atoms with E-state index in [1.54, 1.807) is 39.0 Å². The summed E-state index contributed by atoms with van der Waals surface area (Å²) in [7, 11) is 4.45. The second kappa shape index (κ2) is 12.2. The highest BCUT2D eigenvalue weighted by molar-refractivity contribution is 8.03. The van der Waals surface area contributed by atoms with Crippen molar-refractivity contribution in [1.82, 2.24) is 10.5 Å². The fraction of sp³-hybridized carbons (Fsp3) is 0.360. The zero-order valence-electron chi connectivity index (χ0n) is 21.4. The average molecular weight is 529 g/mol. The van der Waals surface area contributed by atoms with Gasteiger partial charge in [-0.05, 0) is 38.5 Å². The molecule has 12 heteroatoms. The first-order chi connectivity index (χ1) is 17.8. The molecule has 11 nitrogen and oxygen atoms in total. The van der Waals surface area contributed by atoms with Gasteiger partial charge in [0.05, 0.1) is 61.9 Å². The number of allylic oxidation sites excluding steroid dienone is 2. The Kier molecular flexibility index (Phi) is 9.08. The molecule has 1 aromatic carbocycles. The van der Waals surface area contributed by atoms with E-state index >= 15 is 0 Å². The van der Waals surface area contributed by atoms with Crippen LogP contribution in [-0.2, 0) is 14.3 Å². The predicted octanol–water partition coefficient (Wildman–Crippen LogP) is 3.64. The Morgan fingerprint density at radius 1 is 1.16 bits per heavy atom. The van der Waals surface area contributed by atoms with Crippen molar-refractivity contribution in [2.45, 2.75) is 26.7 Å². The summed E-state index contributed by atoms with van der Waals surface area (Å²) in [4.78, 5) is 25.5. The number of nitrogens with one attached hydrogen (secondary N) is 2. The average Bonchev–Trinajstić information content (AvgIpc) is 3.29. The minimum atomic E-state index is -0.817.